The first-order chi connectivity index (χ1) is 9.52. The van der Waals surface area contributed by atoms with Crippen LogP contribution in [-0.4, -0.2) is 36.9 Å². The van der Waals surface area contributed by atoms with Gasteiger partial charge in [-0.15, -0.1) is 0 Å². The molecule has 0 saturated carbocycles. The second-order valence-electron chi connectivity index (χ2n) is 4.84. The van der Waals surface area contributed by atoms with Crippen molar-refractivity contribution in [1.82, 2.24) is 4.90 Å². The van der Waals surface area contributed by atoms with Crippen molar-refractivity contribution in [2.24, 2.45) is 11.7 Å². The summed E-state index contributed by atoms with van der Waals surface area (Å²) in [6, 6.07) is 5.20. The molecule has 0 radical (unpaired) electrons. The molecule has 5 nitrogen and oxygen atoms in total. The van der Waals surface area contributed by atoms with Gasteiger partial charge in [0.15, 0.2) is 0 Å². The summed E-state index contributed by atoms with van der Waals surface area (Å²) >= 11 is 3.36. The maximum absolute atomic E-state index is 12.4. The lowest BCUT2D eigenvalue weighted by Gasteiger charge is -2.31. The number of rotatable bonds is 3. The molecule has 2 rings (SSSR count). The number of benzene rings is 1. The number of halogens is 1. The Bertz CT molecular complexity index is 533. The fraction of sp³-hybridized carbons (Fsp3) is 0.429. The van der Waals surface area contributed by atoms with Gasteiger partial charge in [0.2, 0.25) is 5.91 Å². The molecule has 2 N–H and O–H groups in total. The Balaban J connectivity index is 2.14. The minimum Gasteiger partial charge on any atom is -0.496 e. The van der Waals surface area contributed by atoms with Gasteiger partial charge in [-0.1, -0.05) is 0 Å². The summed E-state index contributed by atoms with van der Waals surface area (Å²) in [5.41, 5.74) is 5.90. The van der Waals surface area contributed by atoms with Crippen molar-refractivity contribution in [2.75, 3.05) is 20.2 Å². The number of likely N-dealkylation sites (tertiary alicyclic amines) is 1. The summed E-state index contributed by atoms with van der Waals surface area (Å²) in [6.07, 6.45) is 1.56. The molecule has 1 aromatic rings. The summed E-state index contributed by atoms with van der Waals surface area (Å²) in [6.45, 7) is 1.06. The second-order valence-corrected chi connectivity index (χ2v) is 5.70. The van der Waals surface area contributed by atoms with Crippen LogP contribution in [0.3, 0.4) is 0 Å². The number of hydrogen-bond donors (Lipinski definition) is 1. The van der Waals surface area contributed by atoms with Gasteiger partial charge in [0.25, 0.3) is 5.91 Å². The largest absolute Gasteiger partial charge is 0.496 e. The van der Waals surface area contributed by atoms with Crippen LogP contribution in [0.25, 0.3) is 0 Å². The van der Waals surface area contributed by atoms with E-state index in [0.29, 0.717) is 24.4 Å². The SMILES string of the molecule is COc1ccc(C(=O)N2CCC[C@H](C(N)=O)C2)cc1Br. The van der Waals surface area contributed by atoms with Crippen LogP contribution in [0, 0.1) is 5.92 Å². The van der Waals surface area contributed by atoms with E-state index in [1.165, 1.54) is 0 Å². The van der Waals surface area contributed by atoms with Crippen LogP contribution in [-0.2, 0) is 4.79 Å². The zero-order valence-corrected chi connectivity index (χ0v) is 12.9. The van der Waals surface area contributed by atoms with Crippen LogP contribution in [0.2, 0.25) is 0 Å². The van der Waals surface area contributed by atoms with E-state index < -0.39 is 0 Å². The van der Waals surface area contributed by atoms with Crippen molar-refractivity contribution in [2.45, 2.75) is 12.8 Å². The smallest absolute Gasteiger partial charge is 0.253 e. The molecule has 1 heterocycles. The molecule has 1 fully saturated rings. The Hall–Kier alpha value is -1.56. The van der Waals surface area contributed by atoms with E-state index in [9.17, 15) is 9.59 Å². The number of ether oxygens (including phenoxy) is 1. The molecule has 1 atom stereocenters. The van der Waals surface area contributed by atoms with Crippen molar-refractivity contribution in [3.05, 3.63) is 28.2 Å². The Morgan fingerprint density at radius 2 is 2.20 bits per heavy atom. The Morgan fingerprint density at radius 1 is 1.45 bits per heavy atom. The molecule has 1 saturated heterocycles. The fourth-order valence-corrected chi connectivity index (χ4v) is 2.92. The summed E-state index contributed by atoms with van der Waals surface area (Å²) in [4.78, 5) is 25.4. The number of primary amides is 1. The summed E-state index contributed by atoms with van der Waals surface area (Å²) in [5, 5.41) is 0. The number of nitrogens with zero attached hydrogens (tertiary/aromatic N) is 1. The molecule has 0 bridgehead atoms. The zero-order valence-electron chi connectivity index (χ0n) is 11.3. The topological polar surface area (TPSA) is 72.6 Å². The monoisotopic (exact) mass is 340 g/mol. The number of carbonyl (C=O) groups is 2. The summed E-state index contributed by atoms with van der Waals surface area (Å²) in [7, 11) is 1.57. The highest BCUT2D eigenvalue weighted by atomic mass is 79.9. The first-order valence-corrected chi connectivity index (χ1v) is 7.24. The highest BCUT2D eigenvalue weighted by Crippen LogP contribution is 2.27. The van der Waals surface area contributed by atoms with E-state index in [1.54, 1.807) is 30.2 Å². The van der Waals surface area contributed by atoms with Crippen molar-refractivity contribution >= 4 is 27.7 Å². The third kappa shape index (κ3) is 3.12. The third-order valence-corrected chi connectivity index (χ3v) is 4.13. The highest BCUT2D eigenvalue weighted by molar-refractivity contribution is 9.10. The van der Waals surface area contributed by atoms with Gasteiger partial charge in [0.1, 0.15) is 5.75 Å². The Kier molecular flexibility index (Phi) is 4.65. The first kappa shape index (κ1) is 14.8. The molecule has 20 heavy (non-hydrogen) atoms. The average Bonchev–Trinajstić information content (AvgIpc) is 2.46. The number of piperidine rings is 1. The number of carbonyl (C=O) groups excluding carboxylic acids is 2. The van der Waals surface area contributed by atoms with E-state index in [4.69, 9.17) is 10.5 Å². The van der Waals surface area contributed by atoms with Crippen LogP contribution in [0.1, 0.15) is 23.2 Å². The molecule has 0 unspecified atom stereocenters. The molecular weight excluding hydrogens is 324 g/mol. The van der Waals surface area contributed by atoms with Crippen molar-refractivity contribution in [1.29, 1.82) is 0 Å². The van der Waals surface area contributed by atoms with Gasteiger partial charge in [-0.25, -0.2) is 0 Å². The normalized spacial score (nSPS) is 18.7. The van der Waals surface area contributed by atoms with Gasteiger partial charge in [-0.2, -0.15) is 0 Å². The molecule has 1 aliphatic heterocycles. The number of hydrogen-bond acceptors (Lipinski definition) is 3. The van der Waals surface area contributed by atoms with Gasteiger partial charge in [-0.05, 0) is 47.0 Å². The lowest BCUT2D eigenvalue weighted by Crippen LogP contribution is -2.44. The first-order valence-electron chi connectivity index (χ1n) is 6.45. The molecule has 108 valence electrons. The van der Waals surface area contributed by atoms with Crippen molar-refractivity contribution in [3.8, 4) is 5.75 Å². The van der Waals surface area contributed by atoms with E-state index in [0.717, 1.165) is 17.3 Å². The molecule has 1 aromatic carbocycles. The quantitative estimate of drug-likeness (QED) is 0.911. The summed E-state index contributed by atoms with van der Waals surface area (Å²) in [5.74, 6) is 0.0160. The number of methoxy groups -OCH3 is 1. The lowest BCUT2D eigenvalue weighted by atomic mass is 9.97. The van der Waals surface area contributed by atoms with Crippen molar-refractivity contribution < 1.29 is 14.3 Å². The molecule has 2 amide bonds. The molecular formula is C14H17BrN2O3. The van der Waals surface area contributed by atoms with E-state index >= 15 is 0 Å². The van der Waals surface area contributed by atoms with Gasteiger partial charge in [0.05, 0.1) is 17.5 Å². The minimum atomic E-state index is -0.335. The van der Waals surface area contributed by atoms with Gasteiger partial charge in [0, 0.05) is 18.7 Å². The average molecular weight is 341 g/mol. The molecule has 0 aromatic heterocycles. The number of amides is 2. The van der Waals surface area contributed by atoms with E-state index in [1.807, 2.05) is 0 Å². The van der Waals surface area contributed by atoms with Crippen LogP contribution in [0.15, 0.2) is 22.7 Å². The van der Waals surface area contributed by atoms with E-state index in [-0.39, 0.29) is 17.7 Å². The van der Waals surface area contributed by atoms with E-state index in [2.05, 4.69) is 15.9 Å². The standard InChI is InChI=1S/C14H17BrN2O3/c1-20-12-5-4-9(7-11(12)15)14(19)17-6-2-3-10(8-17)13(16)18/h4-5,7,10H,2-3,6,8H2,1H3,(H2,16,18)/t10-/m0/s1. The lowest BCUT2D eigenvalue weighted by molar-refractivity contribution is -0.123. The predicted octanol–water partition coefficient (Wildman–Crippen LogP) is 1.80. The van der Waals surface area contributed by atoms with Crippen molar-refractivity contribution in [3.63, 3.8) is 0 Å². The predicted molar refractivity (Wildman–Crippen MR) is 78.5 cm³/mol. The zero-order chi connectivity index (χ0) is 14.7. The third-order valence-electron chi connectivity index (χ3n) is 3.51. The van der Waals surface area contributed by atoms with Gasteiger partial charge < -0.3 is 15.4 Å². The maximum atomic E-state index is 12.4. The van der Waals surface area contributed by atoms with Crippen LogP contribution >= 0.6 is 15.9 Å². The fourth-order valence-electron chi connectivity index (χ4n) is 2.38. The Morgan fingerprint density at radius 3 is 2.80 bits per heavy atom. The second kappa shape index (κ2) is 6.26. The minimum absolute atomic E-state index is 0.0840. The summed E-state index contributed by atoms with van der Waals surface area (Å²) < 4.78 is 5.87. The van der Waals surface area contributed by atoms with Gasteiger partial charge >= 0.3 is 0 Å². The van der Waals surface area contributed by atoms with Crippen LogP contribution in [0.4, 0.5) is 0 Å². The van der Waals surface area contributed by atoms with Crippen LogP contribution in [0.5, 0.6) is 5.75 Å². The maximum Gasteiger partial charge on any atom is 0.253 e. The highest BCUT2D eigenvalue weighted by Gasteiger charge is 2.27. The number of nitrogens with two attached hydrogens (primary N) is 1. The van der Waals surface area contributed by atoms with Gasteiger partial charge in [-0.3, -0.25) is 9.59 Å². The molecule has 0 aliphatic carbocycles. The molecule has 6 heteroatoms. The Labute approximate surface area is 126 Å². The molecule has 0 spiro atoms. The molecule has 1 aliphatic rings. The van der Waals surface area contributed by atoms with Crippen LogP contribution < -0.4 is 10.5 Å².